The standard InChI is InChI=1S/C18H21N5O2S/c1-2-10-23-16(14-8-9-14)21-22-18(23)26-12-15(24)20-17(25)19-11-13-6-4-3-5-7-13/h2-7,14H,1,8-12H2,(H2,19,20,24,25). The van der Waals surface area contributed by atoms with Gasteiger partial charge >= 0.3 is 6.03 Å². The minimum Gasteiger partial charge on any atom is -0.334 e. The van der Waals surface area contributed by atoms with Gasteiger partial charge in [-0.05, 0) is 18.4 Å². The van der Waals surface area contributed by atoms with Gasteiger partial charge < -0.3 is 9.88 Å². The van der Waals surface area contributed by atoms with E-state index in [0.29, 0.717) is 24.2 Å². The first-order valence-corrected chi connectivity index (χ1v) is 9.44. The number of nitrogens with zero attached hydrogens (tertiary/aromatic N) is 3. The van der Waals surface area contributed by atoms with E-state index in [1.807, 2.05) is 34.9 Å². The minimum absolute atomic E-state index is 0.0959. The van der Waals surface area contributed by atoms with E-state index in [-0.39, 0.29) is 11.7 Å². The van der Waals surface area contributed by atoms with Crippen LogP contribution in [0, 0.1) is 0 Å². The lowest BCUT2D eigenvalue weighted by Crippen LogP contribution is -2.40. The molecular weight excluding hydrogens is 350 g/mol. The molecule has 136 valence electrons. The van der Waals surface area contributed by atoms with Crippen molar-refractivity contribution in [2.24, 2.45) is 0 Å². The minimum atomic E-state index is -0.509. The summed E-state index contributed by atoms with van der Waals surface area (Å²) < 4.78 is 1.98. The Morgan fingerprint density at radius 3 is 2.73 bits per heavy atom. The van der Waals surface area contributed by atoms with Crippen LogP contribution in [0.4, 0.5) is 4.79 Å². The number of hydrogen-bond acceptors (Lipinski definition) is 5. The highest BCUT2D eigenvalue weighted by Gasteiger charge is 2.30. The molecule has 8 heteroatoms. The Morgan fingerprint density at radius 2 is 2.04 bits per heavy atom. The number of urea groups is 1. The van der Waals surface area contributed by atoms with Crippen molar-refractivity contribution in [1.29, 1.82) is 0 Å². The SMILES string of the molecule is C=CCn1c(SCC(=O)NC(=O)NCc2ccccc2)nnc1C1CC1. The number of amides is 3. The summed E-state index contributed by atoms with van der Waals surface area (Å²) in [7, 11) is 0. The summed E-state index contributed by atoms with van der Waals surface area (Å²) in [6, 6.07) is 9.00. The van der Waals surface area contributed by atoms with Crippen LogP contribution < -0.4 is 10.6 Å². The second-order valence-electron chi connectivity index (χ2n) is 6.02. The predicted octanol–water partition coefficient (Wildman–Crippen LogP) is 2.46. The van der Waals surface area contributed by atoms with Crippen molar-refractivity contribution in [3.63, 3.8) is 0 Å². The van der Waals surface area contributed by atoms with E-state index >= 15 is 0 Å². The third kappa shape index (κ3) is 4.95. The van der Waals surface area contributed by atoms with Gasteiger partial charge in [-0.3, -0.25) is 10.1 Å². The summed E-state index contributed by atoms with van der Waals surface area (Å²) in [6.07, 6.45) is 4.04. The van der Waals surface area contributed by atoms with Gasteiger partial charge in [-0.25, -0.2) is 4.79 Å². The topological polar surface area (TPSA) is 88.9 Å². The number of rotatable bonds is 8. The number of allylic oxidation sites excluding steroid dienone is 1. The molecule has 7 nitrogen and oxygen atoms in total. The monoisotopic (exact) mass is 371 g/mol. The van der Waals surface area contributed by atoms with E-state index in [1.54, 1.807) is 6.08 Å². The van der Waals surface area contributed by atoms with E-state index in [0.717, 1.165) is 24.2 Å². The van der Waals surface area contributed by atoms with Crippen LogP contribution in [-0.2, 0) is 17.9 Å². The molecule has 1 aliphatic carbocycles. The molecule has 0 atom stereocenters. The molecule has 1 fully saturated rings. The normalized spacial score (nSPS) is 13.2. The van der Waals surface area contributed by atoms with Crippen LogP contribution in [0.1, 0.15) is 30.1 Å². The molecule has 0 radical (unpaired) electrons. The molecule has 3 rings (SSSR count). The van der Waals surface area contributed by atoms with Crippen molar-refractivity contribution in [3.05, 3.63) is 54.4 Å². The van der Waals surface area contributed by atoms with Crippen molar-refractivity contribution in [3.8, 4) is 0 Å². The lowest BCUT2D eigenvalue weighted by Gasteiger charge is -2.08. The molecule has 1 heterocycles. The van der Waals surface area contributed by atoms with Gasteiger partial charge in [0.25, 0.3) is 0 Å². The Kier molecular flexibility index (Phi) is 6.06. The molecule has 0 unspecified atom stereocenters. The Balaban J connectivity index is 1.46. The van der Waals surface area contributed by atoms with Gasteiger partial charge in [0.15, 0.2) is 5.16 Å². The van der Waals surface area contributed by atoms with E-state index in [2.05, 4.69) is 27.4 Å². The molecule has 0 aliphatic heterocycles. The molecule has 0 bridgehead atoms. The van der Waals surface area contributed by atoms with Crippen LogP contribution in [0.25, 0.3) is 0 Å². The molecule has 2 N–H and O–H groups in total. The van der Waals surface area contributed by atoms with Crippen molar-refractivity contribution in [2.75, 3.05) is 5.75 Å². The third-order valence-electron chi connectivity index (χ3n) is 3.88. The summed E-state index contributed by atoms with van der Waals surface area (Å²) in [5, 5.41) is 14.1. The Labute approximate surface area is 156 Å². The molecule has 0 spiro atoms. The molecule has 1 aromatic heterocycles. The first-order valence-electron chi connectivity index (χ1n) is 8.45. The first-order chi connectivity index (χ1) is 12.7. The first kappa shape index (κ1) is 18.2. The highest BCUT2D eigenvalue weighted by atomic mass is 32.2. The van der Waals surface area contributed by atoms with Crippen LogP contribution in [0.15, 0.2) is 48.1 Å². The Morgan fingerprint density at radius 1 is 1.27 bits per heavy atom. The van der Waals surface area contributed by atoms with E-state index in [4.69, 9.17) is 0 Å². The van der Waals surface area contributed by atoms with Crippen LogP contribution in [0.5, 0.6) is 0 Å². The van der Waals surface area contributed by atoms with Gasteiger partial charge in [0, 0.05) is 19.0 Å². The average molecular weight is 371 g/mol. The summed E-state index contributed by atoms with van der Waals surface area (Å²) in [4.78, 5) is 23.8. The predicted molar refractivity (Wildman–Crippen MR) is 99.7 cm³/mol. The number of imide groups is 1. The fraction of sp³-hybridized carbons (Fsp3) is 0.333. The maximum Gasteiger partial charge on any atom is 0.321 e. The fourth-order valence-corrected chi connectivity index (χ4v) is 3.22. The van der Waals surface area contributed by atoms with E-state index in [9.17, 15) is 9.59 Å². The lowest BCUT2D eigenvalue weighted by molar-refractivity contribution is -0.117. The Hall–Kier alpha value is -2.61. The van der Waals surface area contributed by atoms with Crippen molar-refractivity contribution < 1.29 is 9.59 Å². The number of nitrogens with one attached hydrogen (secondary N) is 2. The lowest BCUT2D eigenvalue weighted by atomic mass is 10.2. The number of aromatic nitrogens is 3. The van der Waals surface area contributed by atoms with Gasteiger partial charge in [0.2, 0.25) is 5.91 Å². The van der Waals surface area contributed by atoms with Crippen molar-refractivity contribution >= 4 is 23.7 Å². The number of thioether (sulfide) groups is 1. The van der Waals surface area contributed by atoms with E-state index in [1.165, 1.54) is 11.8 Å². The van der Waals surface area contributed by atoms with E-state index < -0.39 is 6.03 Å². The number of benzene rings is 1. The molecule has 1 aliphatic rings. The van der Waals surface area contributed by atoms with Gasteiger partial charge in [-0.2, -0.15) is 0 Å². The molecule has 26 heavy (non-hydrogen) atoms. The number of hydrogen-bond donors (Lipinski definition) is 2. The molecule has 2 aromatic rings. The zero-order valence-electron chi connectivity index (χ0n) is 14.4. The summed E-state index contributed by atoms with van der Waals surface area (Å²) >= 11 is 1.27. The van der Waals surface area contributed by atoms with Gasteiger partial charge in [-0.15, -0.1) is 16.8 Å². The molecule has 1 saturated carbocycles. The molecule has 1 aromatic carbocycles. The number of carbonyl (C=O) groups is 2. The second-order valence-corrected chi connectivity index (χ2v) is 6.96. The van der Waals surface area contributed by atoms with Crippen LogP contribution in [0.2, 0.25) is 0 Å². The Bertz CT molecular complexity index is 786. The zero-order chi connectivity index (χ0) is 18.4. The van der Waals surface area contributed by atoms with Crippen LogP contribution >= 0.6 is 11.8 Å². The van der Waals surface area contributed by atoms with Gasteiger partial charge in [-0.1, -0.05) is 48.2 Å². The highest BCUT2D eigenvalue weighted by molar-refractivity contribution is 7.99. The van der Waals surface area contributed by atoms with Crippen molar-refractivity contribution in [2.45, 2.75) is 37.0 Å². The van der Waals surface area contributed by atoms with Crippen molar-refractivity contribution in [1.82, 2.24) is 25.4 Å². The maximum absolute atomic E-state index is 12.0. The van der Waals surface area contributed by atoms with Crippen LogP contribution in [0.3, 0.4) is 0 Å². The molecule has 3 amide bonds. The summed E-state index contributed by atoms with van der Waals surface area (Å²) in [5.74, 6) is 1.14. The zero-order valence-corrected chi connectivity index (χ0v) is 15.2. The summed E-state index contributed by atoms with van der Waals surface area (Å²) in [5.41, 5.74) is 0.967. The molecule has 0 saturated heterocycles. The van der Waals surface area contributed by atoms with Crippen LogP contribution in [-0.4, -0.2) is 32.5 Å². The third-order valence-corrected chi connectivity index (χ3v) is 4.85. The quantitative estimate of drug-likeness (QED) is 0.550. The maximum atomic E-state index is 12.0. The highest BCUT2D eigenvalue weighted by Crippen LogP contribution is 2.39. The largest absolute Gasteiger partial charge is 0.334 e. The number of carbonyl (C=O) groups excluding carboxylic acids is 2. The molecular formula is C18H21N5O2S. The smallest absolute Gasteiger partial charge is 0.321 e. The van der Waals surface area contributed by atoms with Gasteiger partial charge in [0.05, 0.1) is 5.75 Å². The summed E-state index contributed by atoms with van der Waals surface area (Å²) in [6.45, 7) is 4.74. The fourth-order valence-electron chi connectivity index (χ4n) is 2.47. The average Bonchev–Trinajstić information content (AvgIpc) is 3.41. The van der Waals surface area contributed by atoms with Gasteiger partial charge in [0.1, 0.15) is 5.82 Å². The second kappa shape index (κ2) is 8.66.